The summed E-state index contributed by atoms with van der Waals surface area (Å²) in [5, 5.41) is 0. The molecule has 116 valence electrons. The number of hydrogen-bond acceptors (Lipinski definition) is 4. The molecule has 1 fully saturated rings. The topological polar surface area (TPSA) is 65.2 Å². The second-order valence-corrected chi connectivity index (χ2v) is 6.12. The fraction of sp³-hybridized carbons (Fsp3) is 0.647. The van der Waals surface area contributed by atoms with Crippen molar-refractivity contribution < 1.29 is 9.53 Å². The van der Waals surface area contributed by atoms with E-state index in [-0.39, 0.29) is 11.9 Å². The number of carbonyl (C=O) groups is 1. The van der Waals surface area contributed by atoms with E-state index in [1.807, 2.05) is 19.1 Å². The van der Waals surface area contributed by atoms with Crippen molar-refractivity contribution in [2.45, 2.75) is 51.9 Å². The molecule has 0 radical (unpaired) electrons. The number of carbonyl (C=O) groups excluding carboxylic acids is 1. The van der Waals surface area contributed by atoms with Gasteiger partial charge in [0.25, 0.3) is 0 Å². The molecule has 1 aliphatic carbocycles. The maximum atomic E-state index is 11.7. The van der Waals surface area contributed by atoms with Gasteiger partial charge in [-0.3, -0.25) is 9.78 Å². The fourth-order valence-electron chi connectivity index (χ4n) is 3.15. The summed E-state index contributed by atoms with van der Waals surface area (Å²) in [5.41, 5.74) is 7.47. The van der Waals surface area contributed by atoms with E-state index >= 15 is 0 Å². The second kappa shape index (κ2) is 7.43. The van der Waals surface area contributed by atoms with E-state index in [4.69, 9.17) is 10.5 Å². The number of aromatic nitrogens is 1. The van der Waals surface area contributed by atoms with Crippen LogP contribution in [0.1, 0.15) is 57.6 Å². The highest BCUT2D eigenvalue weighted by atomic mass is 16.5. The molecule has 1 aromatic rings. The Morgan fingerprint density at radius 2 is 2.29 bits per heavy atom. The van der Waals surface area contributed by atoms with E-state index < -0.39 is 0 Å². The molecule has 0 amide bonds. The first-order chi connectivity index (χ1) is 10.1. The monoisotopic (exact) mass is 290 g/mol. The first kappa shape index (κ1) is 15.8. The van der Waals surface area contributed by atoms with Crippen molar-refractivity contribution in [1.29, 1.82) is 0 Å². The molecule has 4 heteroatoms. The maximum absolute atomic E-state index is 11.7. The van der Waals surface area contributed by atoms with Crippen molar-refractivity contribution in [3.05, 3.63) is 24.0 Å². The molecule has 0 saturated heterocycles. The van der Waals surface area contributed by atoms with Crippen molar-refractivity contribution in [1.82, 2.24) is 4.98 Å². The number of nitrogen functional groups attached to an aromatic ring is 1. The van der Waals surface area contributed by atoms with Crippen LogP contribution in [-0.4, -0.2) is 17.6 Å². The van der Waals surface area contributed by atoms with Gasteiger partial charge in [-0.2, -0.15) is 0 Å². The summed E-state index contributed by atoms with van der Waals surface area (Å²) < 4.78 is 5.12. The van der Waals surface area contributed by atoms with Gasteiger partial charge in [-0.15, -0.1) is 0 Å². The zero-order chi connectivity index (χ0) is 15.2. The third kappa shape index (κ3) is 4.45. The standard InChI is InChI=1S/C17H26N2O2/c1-3-21-17(20)14-7-6-13(10-14)5-4-12(2)16-9-8-15(18)11-19-16/h8-9,11-14H,3-7,10,18H2,1-2H3/t12?,13-,14+/m0/s1. The second-order valence-electron chi connectivity index (χ2n) is 6.12. The fourth-order valence-corrected chi connectivity index (χ4v) is 3.15. The van der Waals surface area contributed by atoms with Gasteiger partial charge in [-0.05, 0) is 63.0 Å². The van der Waals surface area contributed by atoms with E-state index in [1.165, 1.54) is 0 Å². The lowest BCUT2D eigenvalue weighted by Gasteiger charge is -2.15. The zero-order valence-corrected chi connectivity index (χ0v) is 13.0. The van der Waals surface area contributed by atoms with Crippen molar-refractivity contribution in [2.75, 3.05) is 12.3 Å². The van der Waals surface area contributed by atoms with E-state index in [2.05, 4.69) is 11.9 Å². The lowest BCUT2D eigenvalue weighted by molar-refractivity contribution is -0.147. The number of rotatable bonds is 6. The number of hydrogen-bond donors (Lipinski definition) is 1. The molecule has 1 unspecified atom stereocenters. The summed E-state index contributed by atoms with van der Waals surface area (Å²) in [7, 11) is 0. The van der Waals surface area contributed by atoms with Crippen LogP contribution in [-0.2, 0) is 9.53 Å². The molecular formula is C17H26N2O2. The Kier molecular flexibility index (Phi) is 5.59. The SMILES string of the molecule is CCOC(=O)[C@@H]1CC[C@H](CCC(C)c2ccc(N)cn2)C1. The van der Waals surface area contributed by atoms with Gasteiger partial charge in [0.05, 0.1) is 24.4 Å². The summed E-state index contributed by atoms with van der Waals surface area (Å²) in [4.78, 5) is 16.1. The molecule has 2 rings (SSSR count). The van der Waals surface area contributed by atoms with E-state index in [9.17, 15) is 4.79 Å². The Hall–Kier alpha value is -1.58. The number of pyridine rings is 1. The minimum atomic E-state index is -0.00625. The number of esters is 1. The van der Waals surface area contributed by atoms with Gasteiger partial charge in [-0.1, -0.05) is 6.92 Å². The first-order valence-corrected chi connectivity index (χ1v) is 7.98. The van der Waals surface area contributed by atoms with Gasteiger partial charge < -0.3 is 10.5 Å². The molecule has 1 saturated carbocycles. The molecule has 1 aromatic heterocycles. The van der Waals surface area contributed by atoms with Gasteiger partial charge in [0.2, 0.25) is 0 Å². The predicted molar refractivity (Wildman–Crippen MR) is 83.8 cm³/mol. The molecule has 4 nitrogen and oxygen atoms in total. The van der Waals surface area contributed by atoms with Crippen LogP contribution >= 0.6 is 0 Å². The Morgan fingerprint density at radius 1 is 1.48 bits per heavy atom. The van der Waals surface area contributed by atoms with Crippen LogP contribution in [0.15, 0.2) is 18.3 Å². The van der Waals surface area contributed by atoms with Crippen molar-refractivity contribution in [2.24, 2.45) is 11.8 Å². The molecule has 0 aromatic carbocycles. The Bertz CT molecular complexity index is 458. The Morgan fingerprint density at radius 3 is 2.95 bits per heavy atom. The summed E-state index contributed by atoms with van der Waals surface area (Å²) in [6.07, 6.45) is 7.10. The molecule has 1 heterocycles. The van der Waals surface area contributed by atoms with Gasteiger partial charge >= 0.3 is 5.97 Å². The smallest absolute Gasteiger partial charge is 0.308 e. The molecule has 21 heavy (non-hydrogen) atoms. The van der Waals surface area contributed by atoms with Crippen LogP contribution in [0.25, 0.3) is 0 Å². The third-order valence-corrected chi connectivity index (χ3v) is 4.48. The highest BCUT2D eigenvalue weighted by Gasteiger charge is 2.30. The van der Waals surface area contributed by atoms with Crippen LogP contribution < -0.4 is 5.73 Å². The summed E-state index contributed by atoms with van der Waals surface area (Å²) in [5.74, 6) is 1.20. The predicted octanol–water partition coefficient (Wildman–Crippen LogP) is 3.53. The summed E-state index contributed by atoms with van der Waals surface area (Å²) >= 11 is 0. The van der Waals surface area contributed by atoms with Crippen molar-refractivity contribution in [3.8, 4) is 0 Å². The number of anilines is 1. The summed E-state index contributed by atoms with van der Waals surface area (Å²) in [6, 6.07) is 3.92. The molecular weight excluding hydrogens is 264 g/mol. The third-order valence-electron chi connectivity index (χ3n) is 4.48. The molecule has 0 spiro atoms. The van der Waals surface area contributed by atoms with E-state index in [0.717, 1.165) is 37.8 Å². The van der Waals surface area contributed by atoms with Crippen LogP contribution in [0, 0.1) is 11.8 Å². The van der Waals surface area contributed by atoms with Gasteiger partial charge in [0, 0.05) is 5.69 Å². The summed E-state index contributed by atoms with van der Waals surface area (Å²) in [6.45, 7) is 4.56. The van der Waals surface area contributed by atoms with Gasteiger partial charge in [0.15, 0.2) is 0 Å². The van der Waals surface area contributed by atoms with Crippen LogP contribution in [0.2, 0.25) is 0 Å². The number of nitrogens with zero attached hydrogens (tertiary/aromatic N) is 1. The maximum Gasteiger partial charge on any atom is 0.308 e. The zero-order valence-electron chi connectivity index (χ0n) is 13.0. The lowest BCUT2D eigenvalue weighted by atomic mass is 9.93. The highest BCUT2D eigenvalue weighted by Crippen LogP contribution is 2.36. The van der Waals surface area contributed by atoms with Gasteiger partial charge in [-0.25, -0.2) is 0 Å². The van der Waals surface area contributed by atoms with E-state index in [0.29, 0.717) is 24.1 Å². The van der Waals surface area contributed by atoms with Crippen molar-refractivity contribution in [3.63, 3.8) is 0 Å². The minimum absolute atomic E-state index is 0.00625. The first-order valence-electron chi connectivity index (χ1n) is 7.98. The largest absolute Gasteiger partial charge is 0.466 e. The van der Waals surface area contributed by atoms with Crippen LogP contribution in [0.5, 0.6) is 0 Å². The number of ether oxygens (including phenoxy) is 1. The lowest BCUT2D eigenvalue weighted by Crippen LogP contribution is -2.15. The van der Waals surface area contributed by atoms with Crippen LogP contribution in [0.3, 0.4) is 0 Å². The van der Waals surface area contributed by atoms with Crippen molar-refractivity contribution >= 4 is 11.7 Å². The molecule has 2 N–H and O–H groups in total. The highest BCUT2D eigenvalue weighted by molar-refractivity contribution is 5.72. The van der Waals surface area contributed by atoms with Crippen LogP contribution in [0.4, 0.5) is 5.69 Å². The average molecular weight is 290 g/mol. The Balaban J connectivity index is 1.76. The quantitative estimate of drug-likeness (QED) is 0.814. The Labute approximate surface area is 127 Å². The normalized spacial score (nSPS) is 23.0. The average Bonchev–Trinajstić information content (AvgIpc) is 2.95. The molecule has 0 bridgehead atoms. The van der Waals surface area contributed by atoms with E-state index in [1.54, 1.807) is 6.20 Å². The molecule has 1 aliphatic rings. The molecule has 3 atom stereocenters. The molecule has 0 aliphatic heterocycles. The number of nitrogens with two attached hydrogens (primary N) is 1. The minimum Gasteiger partial charge on any atom is -0.466 e. The van der Waals surface area contributed by atoms with Gasteiger partial charge in [0.1, 0.15) is 0 Å².